The van der Waals surface area contributed by atoms with Crippen LogP contribution < -0.4 is 5.73 Å². The van der Waals surface area contributed by atoms with E-state index in [1.54, 1.807) is 18.2 Å². The van der Waals surface area contributed by atoms with Gasteiger partial charge in [-0.2, -0.15) is 0 Å². The predicted molar refractivity (Wildman–Crippen MR) is 66.5 cm³/mol. The van der Waals surface area contributed by atoms with Crippen LogP contribution in [0.5, 0.6) is 0 Å². The van der Waals surface area contributed by atoms with Gasteiger partial charge in [0, 0.05) is 4.47 Å². The Morgan fingerprint density at radius 1 is 0.941 bits per heavy atom. The Bertz CT molecular complexity index is 525. The standard InChI is InChI=1S/C13H10BrF2N/c14-12-7-10(16)5-6-11(12)13(17)8-1-3-9(15)4-2-8/h1-7,13H,17H2. The molecular weight excluding hydrogens is 288 g/mol. The lowest BCUT2D eigenvalue weighted by molar-refractivity contribution is 0.624. The molecule has 0 spiro atoms. The minimum Gasteiger partial charge on any atom is -0.320 e. The van der Waals surface area contributed by atoms with Crippen LogP contribution in [0.4, 0.5) is 8.78 Å². The van der Waals surface area contributed by atoms with Crippen LogP contribution in [0.15, 0.2) is 46.9 Å². The van der Waals surface area contributed by atoms with Crippen LogP contribution in [0, 0.1) is 11.6 Å². The van der Waals surface area contributed by atoms with Gasteiger partial charge in [0.1, 0.15) is 11.6 Å². The molecule has 0 radical (unpaired) electrons. The Labute approximate surface area is 106 Å². The van der Waals surface area contributed by atoms with Crippen LogP contribution in [-0.2, 0) is 0 Å². The van der Waals surface area contributed by atoms with Crippen molar-refractivity contribution in [2.24, 2.45) is 5.73 Å². The van der Waals surface area contributed by atoms with Crippen LogP contribution in [0.1, 0.15) is 17.2 Å². The first-order valence-electron chi connectivity index (χ1n) is 5.04. The van der Waals surface area contributed by atoms with Gasteiger partial charge in [-0.15, -0.1) is 0 Å². The molecule has 0 aliphatic heterocycles. The first-order valence-corrected chi connectivity index (χ1v) is 5.83. The highest BCUT2D eigenvalue weighted by atomic mass is 79.9. The maximum absolute atomic E-state index is 12.9. The van der Waals surface area contributed by atoms with Crippen molar-refractivity contribution in [1.29, 1.82) is 0 Å². The number of rotatable bonds is 2. The van der Waals surface area contributed by atoms with Crippen molar-refractivity contribution in [2.45, 2.75) is 6.04 Å². The van der Waals surface area contributed by atoms with E-state index >= 15 is 0 Å². The molecule has 2 aromatic rings. The second kappa shape index (κ2) is 4.94. The molecule has 1 nitrogen and oxygen atoms in total. The second-order valence-electron chi connectivity index (χ2n) is 3.70. The maximum Gasteiger partial charge on any atom is 0.124 e. The van der Waals surface area contributed by atoms with Gasteiger partial charge >= 0.3 is 0 Å². The Morgan fingerprint density at radius 3 is 2.12 bits per heavy atom. The molecule has 2 N–H and O–H groups in total. The molecular formula is C13H10BrF2N. The molecule has 0 fully saturated rings. The predicted octanol–water partition coefficient (Wildman–Crippen LogP) is 3.78. The molecule has 4 heteroatoms. The van der Waals surface area contributed by atoms with E-state index in [0.29, 0.717) is 4.47 Å². The molecule has 2 rings (SSSR count). The van der Waals surface area contributed by atoms with Gasteiger partial charge in [-0.05, 0) is 35.4 Å². The lowest BCUT2D eigenvalue weighted by atomic mass is 10.00. The largest absolute Gasteiger partial charge is 0.320 e. The van der Waals surface area contributed by atoms with Gasteiger partial charge in [0.2, 0.25) is 0 Å². The van der Waals surface area contributed by atoms with E-state index in [0.717, 1.165) is 11.1 Å². The smallest absolute Gasteiger partial charge is 0.124 e. The van der Waals surface area contributed by atoms with Gasteiger partial charge < -0.3 is 5.73 Å². The normalized spacial score (nSPS) is 12.5. The van der Waals surface area contributed by atoms with Gasteiger partial charge in [0.15, 0.2) is 0 Å². The molecule has 1 unspecified atom stereocenters. The Balaban J connectivity index is 2.36. The average Bonchev–Trinajstić information content (AvgIpc) is 2.29. The molecule has 0 aromatic heterocycles. The van der Waals surface area contributed by atoms with Crippen molar-refractivity contribution >= 4 is 15.9 Å². The summed E-state index contributed by atoms with van der Waals surface area (Å²) < 4.78 is 26.3. The van der Waals surface area contributed by atoms with E-state index < -0.39 is 6.04 Å². The van der Waals surface area contributed by atoms with Crippen LogP contribution in [0.2, 0.25) is 0 Å². The number of hydrogen-bond donors (Lipinski definition) is 1. The number of nitrogens with two attached hydrogens (primary N) is 1. The van der Waals surface area contributed by atoms with E-state index in [-0.39, 0.29) is 11.6 Å². The summed E-state index contributed by atoms with van der Waals surface area (Å²) >= 11 is 3.27. The molecule has 2 aromatic carbocycles. The van der Waals surface area contributed by atoms with Gasteiger partial charge in [0.25, 0.3) is 0 Å². The summed E-state index contributed by atoms with van der Waals surface area (Å²) in [5, 5.41) is 0. The fourth-order valence-electron chi connectivity index (χ4n) is 1.60. The van der Waals surface area contributed by atoms with E-state index in [1.165, 1.54) is 24.3 Å². The molecule has 88 valence electrons. The molecule has 0 saturated carbocycles. The first kappa shape index (κ1) is 12.2. The lowest BCUT2D eigenvalue weighted by Gasteiger charge is -2.14. The average molecular weight is 298 g/mol. The van der Waals surface area contributed by atoms with Crippen molar-refractivity contribution in [3.05, 3.63) is 69.7 Å². The van der Waals surface area contributed by atoms with E-state index in [9.17, 15) is 8.78 Å². The summed E-state index contributed by atoms with van der Waals surface area (Å²) in [6, 6.07) is 9.87. The quantitative estimate of drug-likeness (QED) is 0.897. The topological polar surface area (TPSA) is 26.0 Å². The Morgan fingerprint density at radius 2 is 1.53 bits per heavy atom. The zero-order valence-electron chi connectivity index (χ0n) is 8.83. The first-order chi connectivity index (χ1) is 8.08. The minimum atomic E-state index is -0.412. The highest BCUT2D eigenvalue weighted by molar-refractivity contribution is 9.10. The third-order valence-corrected chi connectivity index (χ3v) is 3.21. The number of halogens is 3. The summed E-state index contributed by atoms with van der Waals surface area (Å²) in [5.74, 6) is -0.633. The Hall–Kier alpha value is -1.26. The summed E-state index contributed by atoms with van der Waals surface area (Å²) in [5.41, 5.74) is 7.58. The van der Waals surface area contributed by atoms with E-state index in [1.807, 2.05) is 0 Å². The molecule has 0 bridgehead atoms. The summed E-state index contributed by atoms with van der Waals surface area (Å²) in [6.45, 7) is 0. The molecule has 0 heterocycles. The van der Waals surface area contributed by atoms with Crippen molar-refractivity contribution in [2.75, 3.05) is 0 Å². The van der Waals surface area contributed by atoms with Crippen molar-refractivity contribution in [1.82, 2.24) is 0 Å². The zero-order chi connectivity index (χ0) is 12.4. The molecule has 0 aliphatic rings. The van der Waals surface area contributed by atoms with E-state index in [2.05, 4.69) is 15.9 Å². The number of benzene rings is 2. The molecule has 1 atom stereocenters. The zero-order valence-corrected chi connectivity index (χ0v) is 10.4. The SMILES string of the molecule is NC(c1ccc(F)cc1)c1ccc(F)cc1Br. The van der Waals surface area contributed by atoms with Gasteiger partial charge in [0.05, 0.1) is 6.04 Å². The molecule has 0 saturated heterocycles. The second-order valence-corrected chi connectivity index (χ2v) is 4.55. The summed E-state index contributed by atoms with van der Waals surface area (Å²) in [4.78, 5) is 0. The monoisotopic (exact) mass is 297 g/mol. The third-order valence-electron chi connectivity index (χ3n) is 2.53. The number of hydrogen-bond acceptors (Lipinski definition) is 1. The highest BCUT2D eigenvalue weighted by Crippen LogP contribution is 2.27. The van der Waals surface area contributed by atoms with Crippen LogP contribution in [0.25, 0.3) is 0 Å². The summed E-state index contributed by atoms with van der Waals surface area (Å²) in [6.07, 6.45) is 0. The Kier molecular flexibility index (Phi) is 3.54. The summed E-state index contributed by atoms with van der Waals surface area (Å²) in [7, 11) is 0. The van der Waals surface area contributed by atoms with Crippen LogP contribution >= 0.6 is 15.9 Å². The van der Waals surface area contributed by atoms with Gasteiger partial charge in [-0.3, -0.25) is 0 Å². The van der Waals surface area contributed by atoms with Crippen LogP contribution in [-0.4, -0.2) is 0 Å². The fourth-order valence-corrected chi connectivity index (χ4v) is 2.20. The van der Waals surface area contributed by atoms with Crippen molar-refractivity contribution in [3.8, 4) is 0 Å². The lowest BCUT2D eigenvalue weighted by Crippen LogP contribution is -2.12. The fraction of sp³-hybridized carbons (Fsp3) is 0.0769. The van der Waals surface area contributed by atoms with Crippen LogP contribution in [0.3, 0.4) is 0 Å². The third kappa shape index (κ3) is 2.70. The maximum atomic E-state index is 12.9. The molecule has 0 amide bonds. The minimum absolute atomic E-state index is 0.306. The van der Waals surface area contributed by atoms with E-state index in [4.69, 9.17) is 5.73 Å². The van der Waals surface area contributed by atoms with Gasteiger partial charge in [-0.25, -0.2) is 8.78 Å². The van der Waals surface area contributed by atoms with Gasteiger partial charge in [-0.1, -0.05) is 34.1 Å². The van der Waals surface area contributed by atoms with Crippen molar-refractivity contribution in [3.63, 3.8) is 0 Å². The molecule has 17 heavy (non-hydrogen) atoms. The van der Waals surface area contributed by atoms with Crippen molar-refractivity contribution < 1.29 is 8.78 Å². The molecule has 0 aliphatic carbocycles. The highest BCUT2D eigenvalue weighted by Gasteiger charge is 2.12.